The van der Waals surface area contributed by atoms with Crippen molar-refractivity contribution in [3.8, 4) is 0 Å². The van der Waals surface area contributed by atoms with Gasteiger partial charge in [-0.1, -0.05) is 332 Å². The summed E-state index contributed by atoms with van der Waals surface area (Å²) in [4.78, 5) is 13.1. The minimum Gasteiger partial charge on any atom is -0.394 e. The molecule has 0 aromatic rings. The summed E-state index contributed by atoms with van der Waals surface area (Å²) >= 11 is 0. The summed E-state index contributed by atoms with van der Waals surface area (Å²) in [5.41, 5.74) is 0. The standard InChI is InChI=1S/C73H137NO8/c1-3-5-7-9-11-13-15-17-19-21-23-25-27-28-29-30-31-32-33-34-35-36-37-38-39-40-41-43-45-47-49-51-53-55-57-59-61-63-69(77)74-66(65-81-73-72(80)71(79)70(78)68(64-75)82-73)67(76)62-60-58-56-54-52-50-48-46-44-42-26-24-22-20-18-16-14-12-10-8-6-4-2/h15,17,21,23,52,54,60,62,66-68,70-73,75-76,78-80H,3-14,16,18-20,22,24-51,53,55-59,61,63-65H2,1-2H3,(H,74,77)/b17-15-,23-21-,54-52+,62-60+. The predicted octanol–water partition coefficient (Wildman–Crippen LogP) is 19.6. The maximum absolute atomic E-state index is 13.1. The molecule has 1 fully saturated rings. The molecule has 82 heavy (non-hydrogen) atoms. The van der Waals surface area contributed by atoms with Crippen molar-refractivity contribution in [3.63, 3.8) is 0 Å². The van der Waals surface area contributed by atoms with Gasteiger partial charge in [0.05, 0.1) is 25.4 Å². The number of hydrogen-bond acceptors (Lipinski definition) is 8. The number of carbonyl (C=O) groups is 1. The van der Waals surface area contributed by atoms with Crippen molar-refractivity contribution in [2.45, 2.75) is 397 Å². The second-order valence-corrected chi connectivity index (χ2v) is 25.0. The Hall–Kier alpha value is -1.85. The molecule has 0 radical (unpaired) electrons. The van der Waals surface area contributed by atoms with Crippen molar-refractivity contribution >= 4 is 5.91 Å². The maximum Gasteiger partial charge on any atom is 0.220 e. The van der Waals surface area contributed by atoms with Crippen LogP contribution in [0.2, 0.25) is 0 Å². The molecule has 0 aliphatic carbocycles. The highest BCUT2D eigenvalue weighted by Gasteiger charge is 2.44. The number of ether oxygens (including phenoxy) is 2. The van der Waals surface area contributed by atoms with Crippen LogP contribution in [0, 0.1) is 0 Å². The summed E-state index contributed by atoms with van der Waals surface area (Å²) in [6, 6.07) is -0.822. The summed E-state index contributed by atoms with van der Waals surface area (Å²) in [5.74, 6) is -0.180. The molecule has 9 heteroatoms. The fourth-order valence-electron chi connectivity index (χ4n) is 11.5. The van der Waals surface area contributed by atoms with Gasteiger partial charge in [0, 0.05) is 6.42 Å². The van der Waals surface area contributed by atoms with Gasteiger partial charge < -0.3 is 40.3 Å². The number of aliphatic hydroxyl groups excluding tert-OH is 5. The van der Waals surface area contributed by atoms with Gasteiger partial charge in [0.2, 0.25) is 5.91 Å². The Morgan fingerprint density at radius 1 is 0.415 bits per heavy atom. The van der Waals surface area contributed by atoms with Crippen LogP contribution in [0.3, 0.4) is 0 Å². The van der Waals surface area contributed by atoms with Crippen LogP contribution < -0.4 is 5.32 Å². The molecule has 1 heterocycles. The second-order valence-electron chi connectivity index (χ2n) is 25.0. The minimum atomic E-state index is -1.57. The van der Waals surface area contributed by atoms with Crippen LogP contribution in [0.15, 0.2) is 48.6 Å². The van der Waals surface area contributed by atoms with Crippen LogP contribution in [0.25, 0.3) is 0 Å². The molecular formula is C73H137NO8. The lowest BCUT2D eigenvalue weighted by Gasteiger charge is -2.40. The second kappa shape index (κ2) is 62.2. The van der Waals surface area contributed by atoms with E-state index in [4.69, 9.17) is 9.47 Å². The molecule has 1 amide bonds. The van der Waals surface area contributed by atoms with E-state index in [-0.39, 0.29) is 12.5 Å². The molecule has 0 aromatic heterocycles. The van der Waals surface area contributed by atoms with Gasteiger partial charge in [0.1, 0.15) is 24.4 Å². The average Bonchev–Trinajstić information content (AvgIpc) is 3.59. The Morgan fingerprint density at radius 3 is 1.10 bits per heavy atom. The van der Waals surface area contributed by atoms with E-state index >= 15 is 0 Å². The Labute approximate surface area is 507 Å². The van der Waals surface area contributed by atoms with E-state index in [2.05, 4.69) is 55.6 Å². The zero-order valence-corrected chi connectivity index (χ0v) is 54.0. The van der Waals surface area contributed by atoms with E-state index in [0.717, 1.165) is 44.9 Å². The monoisotopic (exact) mass is 1160 g/mol. The predicted molar refractivity (Wildman–Crippen MR) is 350 cm³/mol. The lowest BCUT2D eigenvalue weighted by Crippen LogP contribution is -2.60. The third-order valence-corrected chi connectivity index (χ3v) is 17.1. The first kappa shape index (κ1) is 78.2. The van der Waals surface area contributed by atoms with Gasteiger partial charge in [-0.25, -0.2) is 0 Å². The van der Waals surface area contributed by atoms with Crippen molar-refractivity contribution in [1.29, 1.82) is 0 Å². The number of rotatable bonds is 63. The highest BCUT2D eigenvalue weighted by molar-refractivity contribution is 5.76. The molecule has 7 unspecified atom stereocenters. The first-order chi connectivity index (χ1) is 40.3. The molecule has 0 saturated carbocycles. The van der Waals surface area contributed by atoms with Gasteiger partial charge in [-0.15, -0.1) is 0 Å². The van der Waals surface area contributed by atoms with Crippen LogP contribution in [0.4, 0.5) is 0 Å². The van der Waals surface area contributed by atoms with Crippen molar-refractivity contribution < 1.29 is 39.8 Å². The van der Waals surface area contributed by atoms with E-state index in [1.807, 2.05) is 6.08 Å². The van der Waals surface area contributed by atoms with Crippen LogP contribution in [-0.2, 0) is 14.3 Å². The topological polar surface area (TPSA) is 149 Å². The zero-order valence-electron chi connectivity index (χ0n) is 54.0. The zero-order chi connectivity index (χ0) is 59.3. The Kier molecular flexibility index (Phi) is 59.3. The Morgan fingerprint density at radius 2 is 0.732 bits per heavy atom. The number of carbonyl (C=O) groups excluding carboxylic acids is 1. The fourth-order valence-corrected chi connectivity index (χ4v) is 11.5. The van der Waals surface area contributed by atoms with E-state index < -0.39 is 49.5 Å². The molecule has 482 valence electrons. The van der Waals surface area contributed by atoms with Crippen molar-refractivity contribution in [3.05, 3.63) is 48.6 Å². The molecule has 1 rings (SSSR count). The van der Waals surface area contributed by atoms with Crippen LogP contribution in [-0.4, -0.2) is 87.5 Å². The van der Waals surface area contributed by atoms with Gasteiger partial charge in [-0.2, -0.15) is 0 Å². The summed E-state index contributed by atoms with van der Waals surface area (Å²) in [6.07, 6.45) is 78.1. The van der Waals surface area contributed by atoms with Gasteiger partial charge in [0.15, 0.2) is 6.29 Å². The number of unbranched alkanes of at least 4 members (excludes halogenated alkanes) is 47. The SMILES string of the molecule is CCCCCCC/C=C\C/C=C\CCCCCCCCCCCCCCCCCCCCCCCCCCCC(=O)NC(COC1OC(CO)C(O)C(O)C1O)C(O)/C=C/CC/C=C/CCCCCCCCCCCCCCCCCC. The van der Waals surface area contributed by atoms with Crippen molar-refractivity contribution in [2.24, 2.45) is 0 Å². The molecule has 1 aliphatic heterocycles. The molecule has 1 aliphatic rings. The van der Waals surface area contributed by atoms with Crippen LogP contribution >= 0.6 is 0 Å². The normalized spacial score (nSPS) is 18.5. The molecule has 9 nitrogen and oxygen atoms in total. The first-order valence-corrected chi connectivity index (χ1v) is 35.9. The smallest absolute Gasteiger partial charge is 0.220 e. The number of hydrogen-bond donors (Lipinski definition) is 6. The van der Waals surface area contributed by atoms with E-state index in [9.17, 15) is 30.3 Å². The fraction of sp³-hybridized carbons (Fsp3) is 0.877. The number of aliphatic hydroxyl groups is 5. The highest BCUT2D eigenvalue weighted by Crippen LogP contribution is 2.23. The number of nitrogens with one attached hydrogen (secondary N) is 1. The molecular weight excluding hydrogens is 1020 g/mol. The van der Waals surface area contributed by atoms with Gasteiger partial charge in [-0.3, -0.25) is 4.79 Å². The minimum absolute atomic E-state index is 0.180. The third kappa shape index (κ3) is 50.3. The van der Waals surface area contributed by atoms with Gasteiger partial charge in [-0.05, 0) is 64.2 Å². The third-order valence-electron chi connectivity index (χ3n) is 17.1. The number of amides is 1. The first-order valence-electron chi connectivity index (χ1n) is 35.9. The summed E-state index contributed by atoms with van der Waals surface area (Å²) in [7, 11) is 0. The average molecular weight is 1160 g/mol. The van der Waals surface area contributed by atoms with E-state index in [0.29, 0.717) is 6.42 Å². The van der Waals surface area contributed by atoms with Crippen molar-refractivity contribution in [2.75, 3.05) is 13.2 Å². The summed E-state index contributed by atoms with van der Waals surface area (Å²) in [6.45, 7) is 3.80. The molecule has 0 aromatic carbocycles. The van der Waals surface area contributed by atoms with Crippen LogP contribution in [0.1, 0.15) is 354 Å². The van der Waals surface area contributed by atoms with Gasteiger partial charge >= 0.3 is 0 Å². The lowest BCUT2D eigenvalue weighted by molar-refractivity contribution is -0.302. The van der Waals surface area contributed by atoms with Gasteiger partial charge in [0.25, 0.3) is 0 Å². The maximum atomic E-state index is 13.1. The largest absolute Gasteiger partial charge is 0.394 e. The summed E-state index contributed by atoms with van der Waals surface area (Å²) < 4.78 is 11.3. The molecule has 1 saturated heterocycles. The molecule has 0 spiro atoms. The lowest BCUT2D eigenvalue weighted by atomic mass is 9.99. The Bertz CT molecular complexity index is 1430. The molecule has 0 bridgehead atoms. The molecule has 7 atom stereocenters. The van der Waals surface area contributed by atoms with E-state index in [1.165, 1.54) is 289 Å². The highest BCUT2D eigenvalue weighted by atomic mass is 16.7. The Balaban J connectivity index is 2.09. The summed E-state index contributed by atoms with van der Waals surface area (Å²) in [5, 5.41) is 54.7. The number of allylic oxidation sites excluding steroid dienone is 7. The van der Waals surface area contributed by atoms with Crippen molar-refractivity contribution in [1.82, 2.24) is 5.32 Å². The molecule has 6 N–H and O–H groups in total. The van der Waals surface area contributed by atoms with E-state index in [1.54, 1.807) is 6.08 Å². The quantitative estimate of drug-likeness (QED) is 0.0261. The van der Waals surface area contributed by atoms with Crippen LogP contribution in [0.5, 0.6) is 0 Å².